The van der Waals surface area contributed by atoms with Crippen molar-refractivity contribution in [1.29, 1.82) is 0 Å². The molecule has 176 valence electrons. The van der Waals surface area contributed by atoms with Gasteiger partial charge in [0.15, 0.2) is 5.65 Å². The molecule has 0 atom stereocenters. The molecule has 14 heteroatoms. The van der Waals surface area contributed by atoms with Crippen molar-refractivity contribution in [2.45, 2.75) is 19.3 Å². The number of ether oxygens (including phenoxy) is 1. The zero-order valence-electron chi connectivity index (χ0n) is 17.1. The fourth-order valence-electron chi connectivity index (χ4n) is 2.91. The van der Waals surface area contributed by atoms with Gasteiger partial charge in [-0.1, -0.05) is 0 Å². The Morgan fingerprint density at radius 3 is 2.35 bits per heavy atom. The number of alkyl halides is 6. The van der Waals surface area contributed by atoms with Crippen LogP contribution in [0.3, 0.4) is 0 Å². The molecule has 0 amide bonds. The third-order valence-corrected chi connectivity index (χ3v) is 4.41. The van der Waals surface area contributed by atoms with E-state index in [1.807, 2.05) is 0 Å². The number of hydrogen-bond acceptors (Lipinski definition) is 8. The van der Waals surface area contributed by atoms with E-state index in [9.17, 15) is 26.3 Å². The third-order valence-electron chi connectivity index (χ3n) is 4.41. The van der Waals surface area contributed by atoms with Crippen LogP contribution in [0.5, 0.6) is 5.88 Å². The number of nitrogens with one attached hydrogen (secondary N) is 1. The second-order valence-electron chi connectivity index (χ2n) is 6.72. The number of aromatic nitrogens is 6. The van der Waals surface area contributed by atoms with Crippen molar-refractivity contribution in [3.05, 3.63) is 54.0 Å². The summed E-state index contributed by atoms with van der Waals surface area (Å²) in [4.78, 5) is 16.0. The average Bonchev–Trinajstić information content (AvgIpc) is 2.78. The normalized spacial score (nSPS) is 12.1. The first kappa shape index (κ1) is 23.1. The lowest BCUT2D eigenvalue weighted by Crippen LogP contribution is -2.11. The molecule has 34 heavy (non-hydrogen) atoms. The van der Waals surface area contributed by atoms with Crippen LogP contribution < -0.4 is 10.1 Å². The van der Waals surface area contributed by atoms with Gasteiger partial charge < -0.3 is 10.1 Å². The molecular weight excluding hydrogens is 468 g/mol. The number of nitrogens with zero attached hydrogens (tertiary/aromatic N) is 6. The summed E-state index contributed by atoms with van der Waals surface area (Å²) >= 11 is 0. The minimum absolute atomic E-state index is 0.0294. The molecule has 0 aliphatic heterocycles. The monoisotopic (exact) mass is 481 g/mol. The first-order valence-corrected chi connectivity index (χ1v) is 9.56. The smallest absolute Gasteiger partial charge is 0.418 e. The molecule has 0 saturated heterocycles. The van der Waals surface area contributed by atoms with Crippen molar-refractivity contribution >= 4 is 22.7 Å². The van der Waals surface area contributed by atoms with Gasteiger partial charge in [0.25, 0.3) is 0 Å². The zero-order chi connectivity index (χ0) is 24.5. The van der Waals surface area contributed by atoms with E-state index in [-0.39, 0.29) is 40.8 Å². The molecule has 4 rings (SSSR count). The van der Waals surface area contributed by atoms with Gasteiger partial charge in [-0.15, -0.1) is 10.2 Å². The van der Waals surface area contributed by atoms with Crippen LogP contribution in [0.15, 0.2) is 42.9 Å². The number of fused-ring (bicyclic) bond motifs is 1. The van der Waals surface area contributed by atoms with Crippen molar-refractivity contribution in [1.82, 2.24) is 30.1 Å². The summed E-state index contributed by atoms with van der Waals surface area (Å²) in [5.41, 5.74) is -2.41. The predicted octanol–water partition coefficient (Wildman–Crippen LogP) is 5.06. The van der Waals surface area contributed by atoms with Crippen LogP contribution in [0.4, 0.5) is 37.8 Å². The molecule has 0 aliphatic carbocycles. The summed E-state index contributed by atoms with van der Waals surface area (Å²) in [6, 6.07) is 4.17. The second-order valence-corrected chi connectivity index (χ2v) is 6.72. The van der Waals surface area contributed by atoms with Gasteiger partial charge in [0, 0.05) is 18.5 Å². The molecule has 0 bridgehead atoms. The van der Waals surface area contributed by atoms with Crippen LogP contribution >= 0.6 is 0 Å². The first-order chi connectivity index (χ1) is 16.1. The molecule has 0 spiro atoms. The molecule has 8 nitrogen and oxygen atoms in total. The lowest BCUT2D eigenvalue weighted by atomic mass is 10.1. The van der Waals surface area contributed by atoms with E-state index < -0.39 is 29.2 Å². The number of pyridine rings is 2. The predicted molar refractivity (Wildman–Crippen MR) is 107 cm³/mol. The van der Waals surface area contributed by atoms with Crippen LogP contribution in [0.2, 0.25) is 0 Å². The van der Waals surface area contributed by atoms with E-state index in [4.69, 9.17) is 4.74 Å². The highest BCUT2D eigenvalue weighted by molar-refractivity contribution is 5.87. The fourth-order valence-corrected chi connectivity index (χ4v) is 2.91. The molecule has 0 unspecified atom stereocenters. The Morgan fingerprint density at radius 2 is 1.71 bits per heavy atom. The highest BCUT2D eigenvalue weighted by Crippen LogP contribution is 2.37. The van der Waals surface area contributed by atoms with E-state index >= 15 is 0 Å². The molecule has 0 aromatic carbocycles. The van der Waals surface area contributed by atoms with Crippen molar-refractivity contribution < 1.29 is 31.1 Å². The number of rotatable bonds is 5. The van der Waals surface area contributed by atoms with E-state index in [1.54, 1.807) is 6.92 Å². The Hall–Kier alpha value is -4.10. The van der Waals surface area contributed by atoms with Gasteiger partial charge >= 0.3 is 12.4 Å². The van der Waals surface area contributed by atoms with Gasteiger partial charge in [-0.05, 0) is 25.1 Å². The lowest BCUT2D eigenvalue weighted by molar-refractivity contribution is -0.138. The standard InChI is InChI=1S/C20H13F6N7O/c1-2-34-15-7-11(20(24,25)26)16(33-32-15)13-9-29-17-12(5-6-27-18(17)31-13)30-14-4-3-10(8-28-14)19(21,22)23/h3-9H,2H2,1H3,(H,27,28,30,31). The van der Waals surface area contributed by atoms with E-state index in [0.717, 1.165) is 24.4 Å². The van der Waals surface area contributed by atoms with Crippen LogP contribution in [-0.4, -0.2) is 36.7 Å². The summed E-state index contributed by atoms with van der Waals surface area (Å²) < 4.78 is 84.0. The quantitative estimate of drug-likeness (QED) is 0.395. The Labute approximate surface area is 187 Å². The molecule has 0 fully saturated rings. The molecule has 4 aromatic rings. The summed E-state index contributed by atoms with van der Waals surface area (Å²) in [7, 11) is 0. The minimum Gasteiger partial charge on any atom is -0.477 e. The summed E-state index contributed by atoms with van der Waals surface area (Å²) in [5.74, 6) is -0.205. The summed E-state index contributed by atoms with van der Waals surface area (Å²) in [5, 5.41) is 10.0. The second kappa shape index (κ2) is 8.68. The Bertz CT molecular complexity index is 1330. The van der Waals surface area contributed by atoms with Crippen molar-refractivity contribution in [2.24, 2.45) is 0 Å². The Morgan fingerprint density at radius 1 is 0.912 bits per heavy atom. The SMILES string of the molecule is CCOc1cc(C(F)(F)F)c(-c2cnc3c(Nc4ccc(C(F)(F)F)cn4)ccnc3n2)nn1. The van der Waals surface area contributed by atoms with Crippen molar-refractivity contribution in [2.75, 3.05) is 11.9 Å². The van der Waals surface area contributed by atoms with Gasteiger partial charge in [0.2, 0.25) is 5.88 Å². The van der Waals surface area contributed by atoms with Crippen LogP contribution in [-0.2, 0) is 12.4 Å². The highest BCUT2D eigenvalue weighted by atomic mass is 19.4. The molecule has 4 aromatic heterocycles. The Balaban J connectivity index is 1.70. The third kappa shape index (κ3) is 4.79. The van der Waals surface area contributed by atoms with Gasteiger partial charge in [-0.3, -0.25) is 0 Å². The van der Waals surface area contributed by atoms with Crippen molar-refractivity contribution in [3.63, 3.8) is 0 Å². The fraction of sp³-hybridized carbons (Fsp3) is 0.200. The topological polar surface area (TPSA) is 98.6 Å². The maximum atomic E-state index is 13.6. The van der Waals surface area contributed by atoms with Crippen molar-refractivity contribution in [3.8, 4) is 17.3 Å². The molecule has 0 aliphatic rings. The number of halogens is 6. The van der Waals surface area contributed by atoms with Crippen LogP contribution in [0.25, 0.3) is 22.6 Å². The number of anilines is 2. The highest BCUT2D eigenvalue weighted by Gasteiger charge is 2.36. The van der Waals surface area contributed by atoms with E-state index in [2.05, 4.69) is 35.5 Å². The molecule has 0 radical (unpaired) electrons. The van der Waals surface area contributed by atoms with Gasteiger partial charge in [0.05, 0.1) is 29.6 Å². The van der Waals surface area contributed by atoms with Gasteiger partial charge in [-0.2, -0.15) is 26.3 Å². The maximum absolute atomic E-state index is 13.6. The zero-order valence-corrected chi connectivity index (χ0v) is 17.1. The first-order valence-electron chi connectivity index (χ1n) is 9.56. The summed E-state index contributed by atoms with van der Waals surface area (Å²) in [6.07, 6.45) is -6.26. The molecule has 0 saturated carbocycles. The average molecular weight is 481 g/mol. The van der Waals surface area contributed by atoms with Gasteiger partial charge in [0.1, 0.15) is 22.7 Å². The molecule has 4 heterocycles. The maximum Gasteiger partial charge on any atom is 0.418 e. The van der Waals surface area contributed by atoms with Crippen LogP contribution in [0.1, 0.15) is 18.1 Å². The largest absolute Gasteiger partial charge is 0.477 e. The number of hydrogen-bond donors (Lipinski definition) is 1. The molecule has 1 N–H and O–H groups in total. The van der Waals surface area contributed by atoms with Crippen LogP contribution in [0, 0.1) is 0 Å². The minimum atomic E-state index is -4.77. The van der Waals surface area contributed by atoms with E-state index in [1.165, 1.54) is 12.3 Å². The molecular formula is C20H13F6N7O. The van der Waals surface area contributed by atoms with E-state index in [0.29, 0.717) is 6.20 Å². The van der Waals surface area contributed by atoms with Gasteiger partial charge in [-0.25, -0.2) is 19.9 Å². The summed E-state index contributed by atoms with van der Waals surface area (Å²) in [6.45, 7) is 1.70. The lowest BCUT2D eigenvalue weighted by Gasteiger charge is -2.13. The Kier molecular flexibility index (Phi) is 5.89.